The summed E-state index contributed by atoms with van der Waals surface area (Å²) in [5.74, 6) is 0.510. The maximum Gasteiger partial charge on any atom is 0.416 e. The molecule has 0 aliphatic carbocycles. The zero-order chi connectivity index (χ0) is 15.5. The molecule has 4 nitrogen and oxygen atoms in total. The second kappa shape index (κ2) is 6.51. The van der Waals surface area contributed by atoms with Crippen molar-refractivity contribution in [3.05, 3.63) is 17.7 Å². The fourth-order valence-electron chi connectivity index (χ4n) is 2.52. The minimum absolute atomic E-state index is 0.245. The lowest BCUT2D eigenvalue weighted by Gasteiger charge is -2.20. The fourth-order valence-corrected chi connectivity index (χ4v) is 2.52. The second-order valence-electron chi connectivity index (χ2n) is 5.31. The van der Waals surface area contributed by atoms with Crippen molar-refractivity contribution in [1.29, 1.82) is 0 Å². The molecule has 2 N–H and O–H groups in total. The Morgan fingerprint density at radius 2 is 1.95 bits per heavy atom. The highest BCUT2D eigenvalue weighted by Gasteiger charge is 2.31. The first kappa shape index (κ1) is 15.9. The summed E-state index contributed by atoms with van der Waals surface area (Å²) in [5, 5.41) is 5.87. The molecule has 0 bridgehead atoms. The highest BCUT2D eigenvalue weighted by Crippen LogP contribution is 2.32. The molecule has 0 spiro atoms. The van der Waals surface area contributed by atoms with Crippen LogP contribution >= 0.6 is 0 Å². The number of hydrogen-bond acceptors (Lipinski definition) is 4. The van der Waals surface area contributed by atoms with E-state index < -0.39 is 11.7 Å². The van der Waals surface area contributed by atoms with Gasteiger partial charge in [0, 0.05) is 19.1 Å². The summed E-state index contributed by atoms with van der Waals surface area (Å²) in [6.07, 6.45) is -2.18. The van der Waals surface area contributed by atoms with Gasteiger partial charge in [0.2, 0.25) is 0 Å². The largest absolute Gasteiger partial charge is 0.416 e. The molecule has 7 heteroatoms. The molecule has 0 aromatic carbocycles. The number of halogens is 3. The first-order valence-electron chi connectivity index (χ1n) is 7.17. The Bertz CT molecular complexity index is 476. The van der Waals surface area contributed by atoms with Crippen LogP contribution in [0.2, 0.25) is 0 Å². The quantitative estimate of drug-likeness (QED) is 0.877. The zero-order valence-electron chi connectivity index (χ0n) is 12.3. The third kappa shape index (κ3) is 4.23. The van der Waals surface area contributed by atoms with Crippen LogP contribution in [0, 0.1) is 0 Å². The van der Waals surface area contributed by atoms with E-state index in [9.17, 15) is 13.2 Å². The van der Waals surface area contributed by atoms with E-state index in [4.69, 9.17) is 0 Å². The number of hydrogen-bond donors (Lipinski definition) is 2. The Hall–Kier alpha value is -1.50. The number of pyridine rings is 1. The lowest BCUT2D eigenvalue weighted by Crippen LogP contribution is -2.31. The van der Waals surface area contributed by atoms with E-state index in [-0.39, 0.29) is 11.6 Å². The number of nitrogens with one attached hydrogen (secondary N) is 2. The molecule has 1 aromatic heterocycles. The molecule has 118 valence electrons. The first-order chi connectivity index (χ1) is 9.90. The summed E-state index contributed by atoms with van der Waals surface area (Å²) in [4.78, 5) is 6.40. The third-order valence-electron chi connectivity index (χ3n) is 3.70. The molecule has 0 radical (unpaired) electrons. The van der Waals surface area contributed by atoms with Crippen molar-refractivity contribution in [2.45, 2.75) is 32.0 Å². The third-order valence-corrected chi connectivity index (χ3v) is 3.70. The number of rotatable bonds is 5. The number of aromatic nitrogens is 1. The van der Waals surface area contributed by atoms with Crippen LogP contribution in [-0.2, 0) is 6.18 Å². The average molecular weight is 302 g/mol. The Morgan fingerprint density at radius 1 is 1.29 bits per heavy atom. The SMILES string of the molecule is CCNc1cc(C(F)(F)F)cc(NCC2CCCN2C)n1. The zero-order valence-corrected chi connectivity index (χ0v) is 12.3. The maximum absolute atomic E-state index is 12.9. The molecule has 1 aliphatic rings. The summed E-state index contributed by atoms with van der Waals surface area (Å²) in [7, 11) is 2.03. The monoisotopic (exact) mass is 302 g/mol. The van der Waals surface area contributed by atoms with Crippen LogP contribution in [0.4, 0.5) is 24.8 Å². The molecule has 0 saturated carbocycles. The first-order valence-corrected chi connectivity index (χ1v) is 7.17. The van der Waals surface area contributed by atoms with Crippen molar-refractivity contribution in [3.8, 4) is 0 Å². The van der Waals surface area contributed by atoms with E-state index in [2.05, 4.69) is 20.5 Å². The molecule has 1 fully saturated rings. The lowest BCUT2D eigenvalue weighted by molar-refractivity contribution is -0.137. The van der Waals surface area contributed by atoms with Gasteiger partial charge in [0.25, 0.3) is 0 Å². The molecule has 21 heavy (non-hydrogen) atoms. The van der Waals surface area contributed by atoms with Gasteiger partial charge in [0.15, 0.2) is 0 Å². The van der Waals surface area contributed by atoms with Crippen LogP contribution in [0.15, 0.2) is 12.1 Å². The van der Waals surface area contributed by atoms with Gasteiger partial charge in [-0.05, 0) is 45.5 Å². The summed E-state index contributed by atoms with van der Waals surface area (Å²) in [6.45, 7) is 3.99. The Balaban J connectivity index is 2.11. The van der Waals surface area contributed by atoms with Crippen LogP contribution in [-0.4, -0.2) is 42.6 Å². The van der Waals surface area contributed by atoms with Gasteiger partial charge in [-0.1, -0.05) is 0 Å². The van der Waals surface area contributed by atoms with Gasteiger partial charge in [-0.25, -0.2) is 4.98 Å². The predicted octanol–water partition coefficient (Wildman–Crippen LogP) is 3.04. The summed E-state index contributed by atoms with van der Waals surface area (Å²) in [5.41, 5.74) is -0.685. The molecule has 0 amide bonds. The van der Waals surface area contributed by atoms with Crippen molar-refractivity contribution in [3.63, 3.8) is 0 Å². The molecule has 1 aliphatic heterocycles. The van der Waals surface area contributed by atoms with Gasteiger partial charge in [-0.15, -0.1) is 0 Å². The second-order valence-corrected chi connectivity index (χ2v) is 5.31. The summed E-state index contributed by atoms with van der Waals surface area (Å²) < 4.78 is 38.7. The normalized spacial score (nSPS) is 19.8. The molecule has 2 rings (SSSR count). The predicted molar refractivity (Wildman–Crippen MR) is 77.5 cm³/mol. The topological polar surface area (TPSA) is 40.2 Å². The molecule has 1 unspecified atom stereocenters. The van der Waals surface area contributed by atoms with Gasteiger partial charge in [0.05, 0.1) is 5.56 Å². The molecule has 1 aromatic rings. The Labute approximate surface area is 122 Å². The van der Waals surface area contributed by atoms with Crippen LogP contribution in [0.1, 0.15) is 25.3 Å². The van der Waals surface area contributed by atoms with Gasteiger partial charge in [-0.2, -0.15) is 13.2 Å². The number of likely N-dealkylation sites (tertiary alicyclic amines) is 1. The van der Waals surface area contributed by atoms with Crippen molar-refractivity contribution >= 4 is 11.6 Å². The van der Waals surface area contributed by atoms with E-state index in [1.54, 1.807) is 0 Å². The number of nitrogens with zero attached hydrogens (tertiary/aromatic N) is 2. The Morgan fingerprint density at radius 3 is 2.48 bits per heavy atom. The number of likely N-dealkylation sites (N-methyl/N-ethyl adjacent to an activating group) is 1. The molecule has 1 atom stereocenters. The number of anilines is 2. The van der Waals surface area contributed by atoms with Gasteiger partial charge < -0.3 is 15.5 Å². The maximum atomic E-state index is 12.9. The standard InChI is InChI=1S/C14H21F3N4/c1-3-18-12-7-10(14(15,16)17)8-13(20-12)19-9-11-5-4-6-21(11)2/h7-8,11H,3-6,9H2,1-2H3,(H2,18,19,20). The minimum atomic E-state index is -4.37. The molecule has 1 saturated heterocycles. The van der Waals surface area contributed by atoms with Gasteiger partial charge in [-0.3, -0.25) is 0 Å². The molecular formula is C14H21F3N4. The summed E-state index contributed by atoms with van der Waals surface area (Å²) in [6, 6.07) is 2.45. The van der Waals surface area contributed by atoms with Crippen molar-refractivity contribution in [2.75, 3.05) is 37.3 Å². The van der Waals surface area contributed by atoms with Gasteiger partial charge >= 0.3 is 6.18 Å². The lowest BCUT2D eigenvalue weighted by atomic mass is 10.2. The van der Waals surface area contributed by atoms with E-state index in [1.807, 2.05) is 14.0 Å². The summed E-state index contributed by atoms with van der Waals surface area (Å²) >= 11 is 0. The minimum Gasteiger partial charge on any atom is -0.370 e. The van der Waals surface area contributed by atoms with Crippen LogP contribution in [0.3, 0.4) is 0 Å². The Kier molecular flexibility index (Phi) is 4.92. The van der Waals surface area contributed by atoms with Crippen LogP contribution < -0.4 is 10.6 Å². The van der Waals surface area contributed by atoms with E-state index in [0.29, 0.717) is 19.1 Å². The van der Waals surface area contributed by atoms with E-state index >= 15 is 0 Å². The van der Waals surface area contributed by atoms with Gasteiger partial charge in [0.1, 0.15) is 11.6 Å². The highest BCUT2D eigenvalue weighted by molar-refractivity contribution is 5.49. The highest BCUT2D eigenvalue weighted by atomic mass is 19.4. The average Bonchev–Trinajstić information content (AvgIpc) is 2.81. The van der Waals surface area contributed by atoms with E-state index in [1.165, 1.54) is 0 Å². The fraction of sp³-hybridized carbons (Fsp3) is 0.643. The number of alkyl halides is 3. The van der Waals surface area contributed by atoms with Crippen LogP contribution in [0.25, 0.3) is 0 Å². The van der Waals surface area contributed by atoms with E-state index in [0.717, 1.165) is 31.5 Å². The van der Waals surface area contributed by atoms with Crippen molar-refractivity contribution in [1.82, 2.24) is 9.88 Å². The molecular weight excluding hydrogens is 281 g/mol. The van der Waals surface area contributed by atoms with Crippen molar-refractivity contribution in [2.24, 2.45) is 0 Å². The molecule has 2 heterocycles. The smallest absolute Gasteiger partial charge is 0.370 e. The van der Waals surface area contributed by atoms with Crippen molar-refractivity contribution < 1.29 is 13.2 Å². The van der Waals surface area contributed by atoms with Crippen LogP contribution in [0.5, 0.6) is 0 Å².